The fraction of sp³-hybridized carbons (Fsp3) is 0.867. The summed E-state index contributed by atoms with van der Waals surface area (Å²) >= 11 is 0. The molecule has 0 aromatic carbocycles. The van der Waals surface area contributed by atoms with Gasteiger partial charge in [-0.15, -0.1) is 0 Å². The monoisotopic (exact) mass is 301 g/mol. The number of halogens is 3. The minimum atomic E-state index is -4.14. The average molecular weight is 301 g/mol. The zero-order chi connectivity index (χ0) is 14.9. The molecule has 3 rings (SSSR count). The van der Waals surface area contributed by atoms with Crippen molar-refractivity contribution in [1.29, 1.82) is 0 Å². The van der Waals surface area contributed by atoms with E-state index in [1.165, 1.54) is 19.3 Å². The van der Waals surface area contributed by atoms with Gasteiger partial charge in [0.1, 0.15) is 5.82 Å². The van der Waals surface area contributed by atoms with Gasteiger partial charge in [-0.3, -0.25) is 5.10 Å². The van der Waals surface area contributed by atoms with Gasteiger partial charge in [0.05, 0.1) is 5.92 Å². The quantitative estimate of drug-likeness (QED) is 0.861. The molecule has 0 saturated heterocycles. The van der Waals surface area contributed by atoms with Crippen molar-refractivity contribution in [3.8, 4) is 0 Å². The van der Waals surface area contributed by atoms with Crippen LogP contribution < -0.4 is 0 Å². The summed E-state index contributed by atoms with van der Waals surface area (Å²) in [4.78, 5) is 4.45. The van der Waals surface area contributed by atoms with Gasteiger partial charge in [0, 0.05) is 11.8 Å². The van der Waals surface area contributed by atoms with E-state index in [2.05, 4.69) is 15.2 Å². The van der Waals surface area contributed by atoms with Crippen LogP contribution in [0.2, 0.25) is 0 Å². The number of rotatable bonds is 2. The van der Waals surface area contributed by atoms with Crippen LogP contribution >= 0.6 is 0 Å². The Bertz CT molecular complexity index is 463. The second-order valence-electron chi connectivity index (χ2n) is 6.45. The van der Waals surface area contributed by atoms with Crippen LogP contribution in [0.25, 0.3) is 0 Å². The molecule has 6 heteroatoms. The van der Waals surface area contributed by atoms with Crippen molar-refractivity contribution in [2.75, 3.05) is 0 Å². The molecule has 2 fully saturated rings. The van der Waals surface area contributed by atoms with E-state index >= 15 is 0 Å². The third-order valence-electron chi connectivity index (χ3n) is 5.03. The normalized spacial score (nSPS) is 28.7. The number of alkyl halides is 3. The lowest BCUT2D eigenvalue weighted by molar-refractivity contribution is -0.187. The van der Waals surface area contributed by atoms with Crippen molar-refractivity contribution in [1.82, 2.24) is 15.2 Å². The molecule has 2 unspecified atom stereocenters. The molecule has 1 heterocycles. The summed E-state index contributed by atoms with van der Waals surface area (Å²) in [7, 11) is 0. The maximum Gasteiger partial charge on any atom is 0.392 e. The zero-order valence-electron chi connectivity index (χ0n) is 12.1. The van der Waals surface area contributed by atoms with Gasteiger partial charge in [-0.2, -0.15) is 18.3 Å². The van der Waals surface area contributed by atoms with Gasteiger partial charge >= 0.3 is 6.18 Å². The molecule has 2 aliphatic rings. The van der Waals surface area contributed by atoms with Crippen LogP contribution in [0.4, 0.5) is 13.2 Å². The lowest BCUT2D eigenvalue weighted by Crippen LogP contribution is -2.32. The topological polar surface area (TPSA) is 41.6 Å². The van der Waals surface area contributed by atoms with Gasteiger partial charge < -0.3 is 0 Å². The molecule has 2 atom stereocenters. The molecule has 0 amide bonds. The van der Waals surface area contributed by atoms with Gasteiger partial charge in [-0.1, -0.05) is 32.1 Å². The van der Waals surface area contributed by atoms with Crippen LogP contribution in [0.3, 0.4) is 0 Å². The first-order chi connectivity index (χ1) is 10.1. The second kappa shape index (κ2) is 5.97. The second-order valence-corrected chi connectivity index (χ2v) is 6.45. The van der Waals surface area contributed by atoms with Gasteiger partial charge in [0.15, 0.2) is 5.82 Å². The maximum atomic E-state index is 13.2. The Kier molecular flexibility index (Phi) is 4.22. The highest BCUT2D eigenvalue weighted by molar-refractivity contribution is 5.06. The van der Waals surface area contributed by atoms with Crippen molar-refractivity contribution >= 4 is 0 Å². The fourth-order valence-electron chi connectivity index (χ4n) is 3.85. The minimum Gasteiger partial charge on any atom is -0.263 e. The van der Waals surface area contributed by atoms with Crippen molar-refractivity contribution < 1.29 is 13.2 Å². The molecule has 0 bridgehead atoms. The molecule has 0 aliphatic heterocycles. The molecule has 1 aromatic rings. The molecule has 1 aromatic heterocycles. The molecular formula is C15H22F3N3. The number of aromatic amines is 1. The summed E-state index contributed by atoms with van der Waals surface area (Å²) < 4.78 is 39.5. The average Bonchev–Trinajstić information content (AvgIpc) is 2.97. The van der Waals surface area contributed by atoms with Crippen LogP contribution in [0.5, 0.6) is 0 Å². The number of aromatic nitrogens is 3. The summed E-state index contributed by atoms with van der Waals surface area (Å²) in [5.74, 6) is -0.285. The summed E-state index contributed by atoms with van der Waals surface area (Å²) in [6, 6.07) is 0. The van der Waals surface area contributed by atoms with Crippen LogP contribution in [0, 0.1) is 5.92 Å². The first-order valence-corrected chi connectivity index (χ1v) is 8.04. The number of hydrogen-bond donors (Lipinski definition) is 1. The van der Waals surface area contributed by atoms with E-state index in [4.69, 9.17) is 0 Å². The Balaban J connectivity index is 1.77. The standard InChI is InChI=1S/C15H22F3N3/c16-15(17,18)12-9-5-4-8-11(12)14-19-13(20-21-14)10-6-2-1-3-7-10/h10-12H,1-9H2,(H,19,20,21). The van der Waals surface area contributed by atoms with Crippen molar-refractivity contribution in [3.05, 3.63) is 11.6 Å². The van der Waals surface area contributed by atoms with Crippen molar-refractivity contribution in [2.45, 2.75) is 75.8 Å². The maximum absolute atomic E-state index is 13.2. The van der Waals surface area contributed by atoms with E-state index in [-0.39, 0.29) is 6.42 Å². The van der Waals surface area contributed by atoms with Crippen LogP contribution in [0.15, 0.2) is 0 Å². The molecule has 2 saturated carbocycles. The van der Waals surface area contributed by atoms with E-state index in [1.54, 1.807) is 0 Å². The lowest BCUT2D eigenvalue weighted by atomic mass is 9.78. The highest BCUT2D eigenvalue weighted by Gasteiger charge is 2.47. The van der Waals surface area contributed by atoms with Gasteiger partial charge in [-0.25, -0.2) is 4.98 Å². The molecule has 118 valence electrons. The van der Waals surface area contributed by atoms with Gasteiger partial charge in [-0.05, 0) is 25.7 Å². The van der Waals surface area contributed by atoms with E-state index in [1.807, 2.05) is 0 Å². The summed E-state index contributed by atoms with van der Waals surface area (Å²) in [6.07, 6.45) is 3.84. The molecular weight excluding hydrogens is 279 g/mol. The van der Waals surface area contributed by atoms with E-state index < -0.39 is 18.0 Å². The predicted octanol–water partition coefficient (Wildman–Crippen LogP) is 4.69. The third-order valence-corrected chi connectivity index (χ3v) is 5.03. The lowest BCUT2D eigenvalue weighted by Gasteiger charge is -2.31. The SMILES string of the molecule is FC(F)(F)C1CCCCC1c1nc(C2CCCCC2)n[nH]1. The molecule has 1 N–H and O–H groups in total. The van der Waals surface area contributed by atoms with Crippen molar-refractivity contribution in [2.24, 2.45) is 5.92 Å². The summed E-state index contributed by atoms with van der Waals surface area (Å²) in [5.41, 5.74) is 0. The highest BCUT2D eigenvalue weighted by atomic mass is 19.4. The highest BCUT2D eigenvalue weighted by Crippen LogP contribution is 2.45. The van der Waals surface area contributed by atoms with E-state index in [0.29, 0.717) is 24.6 Å². The summed E-state index contributed by atoms with van der Waals surface area (Å²) in [6.45, 7) is 0. The molecule has 0 radical (unpaired) electrons. The Morgan fingerprint density at radius 1 is 0.905 bits per heavy atom. The fourth-order valence-corrected chi connectivity index (χ4v) is 3.85. The Morgan fingerprint density at radius 3 is 2.29 bits per heavy atom. The van der Waals surface area contributed by atoms with Gasteiger partial charge in [0.25, 0.3) is 0 Å². The largest absolute Gasteiger partial charge is 0.392 e. The molecule has 2 aliphatic carbocycles. The van der Waals surface area contributed by atoms with Crippen LogP contribution in [-0.2, 0) is 0 Å². The molecule has 0 spiro atoms. The smallest absolute Gasteiger partial charge is 0.263 e. The van der Waals surface area contributed by atoms with Crippen molar-refractivity contribution in [3.63, 3.8) is 0 Å². The van der Waals surface area contributed by atoms with Crippen LogP contribution in [-0.4, -0.2) is 21.4 Å². The van der Waals surface area contributed by atoms with E-state index in [0.717, 1.165) is 25.1 Å². The Hall–Kier alpha value is -1.07. The van der Waals surface area contributed by atoms with Crippen LogP contribution in [0.1, 0.15) is 81.3 Å². The van der Waals surface area contributed by atoms with Gasteiger partial charge in [0.2, 0.25) is 0 Å². The number of hydrogen-bond acceptors (Lipinski definition) is 2. The number of nitrogens with one attached hydrogen (secondary N) is 1. The molecule has 3 nitrogen and oxygen atoms in total. The first-order valence-electron chi connectivity index (χ1n) is 8.04. The predicted molar refractivity (Wildman–Crippen MR) is 73.0 cm³/mol. The Labute approximate surface area is 122 Å². The third kappa shape index (κ3) is 3.24. The number of H-pyrrole nitrogens is 1. The zero-order valence-corrected chi connectivity index (χ0v) is 12.1. The number of nitrogens with zero attached hydrogens (tertiary/aromatic N) is 2. The first kappa shape index (κ1) is 14.9. The minimum absolute atomic E-state index is 0.216. The van der Waals surface area contributed by atoms with E-state index in [9.17, 15) is 13.2 Å². The Morgan fingerprint density at radius 2 is 1.57 bits per heavy atom. The summed E-state index contributed by atoms with van der Waals surface area (Å²) in [5, 5.41) is 7.04. The molecule has 21 heavy (non-hydrogen) atoms.